The van der Waals surface area contributed by atoms with Gasteiger partial charge in [0.1, 0.15) is 17.2 Å². The van der Waals surface area contributed by atoms with E-state index in [1.807, 2.05) is 0 Å². The second kappa shape index (κ2) is 5.77. The minimum absolute atomic E-state index is 0.0197. The van der Waals surface area contributed by atoms with Crippen LogP contribution in [0.3, 0.4) is 0 Å². The molecule has 0 aromatic heterocycles. The molecule has 0 bridgehead atoms. The molecular formula is C13H15F2NO3. The zero-order chi connectivity index (χ0) is 14.6. The van der Waals surface area contributed by atoms with Crippen LogP contribution in [0.1, 0.15) is 30.6 Å². The standard InChI is InChI=1S/C13H15F2NO3/c1-13(2,12(18)19)6-7-16-11(17)10-8(14)4-3-5-9(10)15/h3-5H,6-7H2,1-2H3,(H,16,17)(H,18,19). The fraction of sp³-hybridized carbons (Fsp3) is 0.385. The summed E-state index contributed by atoms with van der Waals surface area (Å²) in [7, 11) is 0. The molecule has 0 aliphatic rings. The summed E-state index contributed by atoms with van der Waals surface area (Å²) in [5.74, 6) is -3.79. The van der Waals surface area contributed by atoms with Crippen LogP contribution in [0.5, 0.6) is 0 Å². The summed E-state index contributed by atoms with van der Waals surface area (Å²) in [6.07, 6.45) is 0.157. The Bertz CT molecular complexity index is 480. The lowest BCUT2D eigenvalue weighted by molar-refractivity contribution is -0.147. The minimum atomic E-state index is -1.01. The topological polar surface area (TPSA) is 66.4 Å². The van der Waals surface area contributed by atoms with Gasteiger partial charge in [-0.3, -0.25) is 9.59 Å². The van der Waals surface area contributed by atoms with Gasteiger partial charge in [-0.1, -0.05) is 6.07 Å². The van der Waals surface area contributed by atoms with Crippen molar-refractivity contribution < 1.29 is 23.5 Å². The Morgan fingerprint density at radius 3 is 2.26 bits per heavy atom. The van der Waals surface area contributed by atoms with Gasteiger partial charge >= 0.3 is 5.97 Å². The summed E-state index contributed by atoms with van der Waals surface area (Å²) in [4.78, 5) is 22.4. The van der Waals surface area contributed by atoms with Crippen molar-refractivity contribution in [2.75, 3.05) is 6.54 Å². The number of benzene rings is 1. The molecule has 4 nitrogen and oxygen atoms in total. The molecule has 0 heterocycles. The average molecular weight is 271 g/mol. The van der Waals surface area contributed by atoms with Gasteiger partial charge in [0, 0.05) is 6.54 Å². The first kappa shape index (κ1) is 15.1. The van der Waals surface area contributed by atoms with Crippen LogP contribution in [-0.4, -0.2) is 23.5 Å². The summed E-state index contributed by atoms with van der Waals surface area (Å²) >= 11 is 0. The van der Waals surface area contributed by atoms with Gasteiger partial charge in [-0.05, 0) is 32.4 Å². The van der Waals surface area contributed by atoms with E-state index in [1.165, 1.54) is 13.8 Å². The molecule has 2 N–H and O–H groups in total. The van der Waals surface area contributed by atoms with Crippen molar-refractivity contribution in [3.63, 3.8) is 0 Å². The predicted octanol–water partition coefficient (Wildman–Crippen LogP) is 2.20. The molecule has 0 unspecified atom stereocenters. The van der Waals surface area contributed by atoms with E-state index in [1.54, 1.807) is 0 Å². The van der Waals surface area contributed by atoms with Crippen molar-refractivity contribution >= 4 is 11.9 Å². The molecule has 0 spiro atoms. The third-order valence-electron chi connectivity index (χ3n) is 2.80. The lowest BCUT2D eigenvalue weighted by Gasteiger charge is -2.18. The van der Waals surface area contributed by atoms with E-state index >= 15 is 0 Å². The number of carboxylic acids is 1. The van der Waals surface area contributed by atoms with Crippen LogP contribution in [0.25, 0.3) is 0 Å². The van der Waals surface area contributed by atoms with E-state index < -0.39 is 34.5 Å². The molecule has 1 amide bonds. The molecule has 0 aliphatic carbocycles. The molecule has 0 saturated carbocycles. The smallest absolute Gasteiger partial charge is 0.309 e. The Morgan fingerprint density at radius 1 is 1.26 bits per heavy atom. The zero-order valence-corrected chi connectivity index (χ0v) is 10.7. The van der Waals surface area contributed by atoms with Gasteiger partial charge in [-0.15, -0.1) is 0 Å². The van der Waals surface area contributed by atoms with Gasteiger partial charge in [0.15, 0.2) is 0 Å². The summed E-state index contributed by atoms with van der Waals surface area (Å²) in [5.41, 5.74) is -1.67. The molecular weight excluding hydrogens is 256 g/mol. The molecule has 1 rings (SSSR count). The molecule has 6 heteroatoms. The average Bonchev–Trinajstić information content (AvgIpc) is 2.28. The quantitative estimate of drug-likeness (QED) is 0.862. The van der Waals surface area contributed by atoms with E-state index in [0.717, 1.165) is 18.2 Å². The van der Waals surface area contributed by atoms with Crippen LogP contribution in [0.15, 0.2) is 18.2 Å². The summed E-state index contributed by atoms with van der Waals surface area (Å²) in [6.45, 7) is 3.03. The Kier molecular flexibility index (Phi) is 4.58. The minimum Gasteiger partial charge on any atom is -0.481 e. The van der Waals surface area contributed by atoms with Crippen LogP contribution in [-0.2, 0) is 4.79 Å². The summed E-state index contributed by atoms with van der Waals surface area (Å²) in [6, 6.07) is 3.13. The maximum absolute atomic E-state index is 13.3. The van der Waals surface area contributed by atoms with Crippen LogP contribution >= 0.6 is 0 Å². The third-order valence-corrected chi connectivity index (χ3v) is 2.80. The molecule has 1 aromatic rings. The van der Waals surface area contributed by atoms with Gasteiger partial charge in [-0.2, -0.15) is 0 Å². The number of halogens is 2. The first-order valence-corrected chi connectivity index (χ1v) is 5.71. The zero-order valence-electron chi connectivity index (χ0n) is 10.7. The van der Waals surface area contributed by atoms with Crippen molar-refractivity contribution in [1.29, 1.82) is 0 Å². The highest BCUT2D eigenvalue weighted by Crippen LogP contribution is 2.19. The highest BCUT2D eigenvalue weighted by atomic mass is 19.1. The molecule has 0 aliphatic heterocycles. The second-order valence-electron chi connectivity index (χ2n) is 4.79. The Labute approximate surface area is 109 Å². The molecule has 0 atom stereocenters. The maximum atomic E-state index is 13.3. The SMILES string of the molecule is CC(C)(CCNC(=O)c1c(F)cccc1F)C(=O)O. The van der Waals surface area contributed by atoms with E-state index in [0.29, 0.717) is 0 Å². The van der Waals surface area contributed by atoms with Gasteiger partial charge in [0.05, 0.1) is 5.41 Å². The molecule has 0 radical (unpaired) electrons. The number of hydrogen-bond acceptors (Lipinski definition) is 2. The van der Waals surface area contributed by atoms with Crippen LogP contribution in [0.2, 0.25) is 0 Å². The van der Waals surface area contributed by atoms with Crippen molar-refractivity contribution in [3.05, 3.63) is 35.4 Å². The number of carboxylic acid groups (broad SMARTS) is 1. The first-order chi connectivity index (χ1) is 8.75. The second-order valence-corrected chi connectivity index (χ2v) is 4.79. The Hall–Kier alpha value is -1.98. The monoisotopic (exact) mass is 271 g/mol. The van der Waals surface area contributed by atoms with Crippen molar-refractivity contribution in [2.24, 2.45) is 5.41 Å². The summed E-state index contributed by atoms with van der Waals surface area (Å²) in [5, 5.41) is 11.2. The normalized spacial score (nSPS) is 11.2. The molecule has 19 heavy (non-hydrogen) atoms. The molecule has 0 saturated heterocycles. The van der Waals surface area contributed by atoms with Gasteiger partial charge in [0.25, 0.3) is 5.91 Å². The van der Waals surface area contributed by atoms with Crippen LogP contribution < -0.4 is 5.32 Å². The van der Waals surface area contributed by atoms with Crippen LogP contribution in [0.4, 0.5) is 8.78 Å². The molecule has 1 aromatic carbocycles. The first-order valence-electron chi connectivity index (χ1n) is 5.71. The fourth-order valence-electron chi connectivity index (χ4n) is 1.40. The predicted molar refractivity (Wildman–Crippen MR) is 64.7 cm³/mol. The number of nitrogens with one attached hydrogen (secondary N) is 1. The van der Waals surface area contributed by atoms with Crippen molar-refractivity contribution in [1.82, 2.24) is 5.32 Å². The summed E-state index contributed by atoms with van der Waals surface area (Å²) < 4.78 is 26.6. The highest BCUT2D eigenvalue weighted by Gasteiger charge is 2.27. The molecule has 0 fully saturated rings. The lowest BCUT2D eigenvalue weighted by Crippen LogP contribution is -2.32. The number of amides is 1. The van der Waals surface area contributed by atoms with Gasteiger partial charge in [0.2, 0.25) is 0 Å². The maximum Gasteiger partial charge on any atom is 0.309 e. The van der Waals surface area contributed by atoms with Crippen molar-refractivity contribution in [3.8, 4) is 0 Å². The Balaban J connectivity index is 2.65. The Morgan fingerprint density at radius 2 is 1.79 bits per heavy atom. The lowest BCUT2D eigenvalue weighted by atomic mass is 9.90. The number of rotatable bonds is 5. The van der Waals surface area contributed by atoms with E-state index in [-0.39, 0.29) is 13.0 Å². The van der Waals surface area contributed by atoms with Crippen LogP contribution in [0, 0.1) is 17.0 Å². The van der Waals surface area contributed by atoms with E-state index in [9.17, 15) is 18.4 Å². The van der Waals surface area contributed by atoms with Gasteiger partial charge < -0.3 is 10.4 Å². The molecule has 104 valence electrons. The van der Waals surface area contributed by atoms with E-state index in [2.05, 4.69) is 5.32 Å². The highest BCUT2D eigenvalue weighted by molar-refractivity contribution is 5.94. The largest absolute Gasteiger partial charge is 0.481 e. The number of carbonyl (C=O) groups excluding carboxylic acids is 1. The third kappa shape index (κ3) is 3.74. The fourth-order valence-corrected chi connectivity index (χ4v) is 1.40. The van der Waals surface area contributed by atoms with Crippen molar-refractivity contribution in [2.45, 2.75) is 20.3 Å². The number of carbonyl (C=O) groups is 2. The number of hydrogen-bond donors (Lipinski definition) is 2. The van der Waals surface area contributed by atoms with E-state index in [4.69, 9.17) is 5.11 Å². The van der Waals surface area contributed by atoms with Gasteiger partial charge in [-0.25, -0.2) is 8.78 Å². The number of aliphatic carboxylic acids is 1.